The Morgan fingerprint density at radius 2 is 1.62 bits per heavy atom. The van der Waals surface area contributed by atoms with Crippen molar-refractivity contribution in [3.63, 3.8) is 0 Å². The molecule has 0 aliphatic carbocycles. The summed E-state index contributed by atoms with van der Waals surface area (Å²) in [6.07, 6.45) is 2.28. The van der Waals surface area contributed by atoms with Gasteiger partial charge in [0.15, 0.2) is 0 Å². The largest absolute Gasteiger partial charge is 0.494 e. The fraction of sp³-hybridized carbons (Fsp3) is 0.154. The fourth-order valence-electron chi connectivity index (χ4n) is 2.82. The first-order valence-corrected chi connectivity index (χ1v) is 10.7. The van der Waals surface area contributed by atoms with E-state index in [1.165, 1.54) is 6.21 Å². The summed E-state index contributed by atoms with van der Waals surface area (Å²) < 4.78 is 10.9. The number of benzene rings is 3. The van der Waals surface area contributed by atoms with E-state index in [1.807, 2.05) is 19.9 Å². The third-order valence-electron chi connectivity index (χ3n) is 4.52. The number of hydrogen-bond donors (Lipinski definition) is 2. The van der Waals surface area contributed by atoms with Gasteiger partial charge in [0.2, 0.25) is 0 Å². The number of nitrogens with zero attached hydrogens (tertiary/aromatic N) is 1. The van der Waals surface area contributed by atoms with Gasteiger partial charge in [-0.15, -0.1) is 0 Å². The second-order valence-electron chi connectivity index (χ2n) is 7.35. The Morgan fingerprint density at radius 3 is 2.29 bits per heavy atom. The number of hydrogen-bond acceptors (Lipinski definition) is 6. The third kappa shape index (κ3) is 7.30. The molecule has 8 nitrogen and oxygen atoms in total. The van der Waals surface area contributed by atoms with Crippen LogP contribution in [0.15, 0.2) is 77.9 Å². The Morgan fingerprint density at radius 1 is 0.912 bits per heavy atom. The molecule has 0 fully saturated rings. The number of carbonyl (C=O) groups is 3. The molecule has 0 heterocycles. The van der Waals surface area contributed by atoms with Crippen molar-refractivity contribution in [2.45, 2.75) is 20.3 Å². The molecule has 3 rings (SSSR count). The van der Waals surface area contributed by atoms with Gasteiger partial charge in [-0.25, -0.2) is 10.2 Å². The van der Waals surface area contributed by atoms with Crippen molar-refractivity contribution in [1.29, 1.82) is 0 Å². The van der Waals surface area contributed by atoms with E-state index in [9.17, 15) is 14.4 Å². The molecule has 2 N–H and O–H groups in total. The molecular weight excluding hydrogens is 434 g/mol. The smallest absolute Gasteiger partial charge is 0.343 e. The number of amides is 2. The van der Waals surface area contributed by atoms with Crippen molar-refractivity contribution >= 4 is 29.7 Å². The number of esters is 1. The van der Waals surface area contributed by atoms with E-state index in [4.69, 9.17) is 9.47 Å². The van der Waals surface area contributed by atoms with Gasteiger partial charge < -0.3 is 14.8 Å². The Hall–Kier alpha value is -4.46. The van der Waals surface area contributed by atoms with Crippen LogP contribution in [0.4, 0.5) is 5.69 Å². The monoisotopic (exact) mass is 459 g/mol. The molecule has 0 atom stereocenters. The van der Waals surface area contributed by atoms with Crippen molar-refractivity contribution in [3.8, 4) is 11.5 Å². The van der Waals surface area contributed by atoms with Gasteiger partial charge in [-0.1, -0.05) is 19.1 Å². The first kappa shape index (κ1) is 24.2. The normalized spacial score (nSPS) is 10.5. The fourth-order valence-corrected chi connectivity index (χ4v) is 2.82. The maximum atomic E-state index is 12.3. The number of anilines is 1. The highest BCUT2D eigenvalue weighted by Gasteiger charge is 2.13. The van der Waals surface area contributed by atoms with Crippen molar-refractivity contribution in [2.24, 2.45) is 5.10 Å². The molecule has 0 aliphatic heterocycles. The van der Waals surface area contributed by atoms with Crippen LogP contribution in [0.5, 0.6) is 11.5 Å². The summed E-state index contributed by atoms with van der Waals surface area (Å²) in [6.45, 7) is 4.52. The highest BCUT2D eigenvalue weighted by molar-refractivity contribution is 6.39. The summed E-state index contributed by atoms with van der Waals surface area (Å²) in [6, 6.07) is 20.4. The van der Waals surface area contributed by atoms with Crippen LogP contribution in [0.25, 0.3) is 0 Å². The Kier molecular flexibility index (Phi) is 8.51. The van der Waals surface area contributed by atoms with E-state index in [0.717, 1.165) is 12.0 Å². The summed E-state index contributed by atoms with van der Waals surface area (Å²) in [4.78, 5) is 36.2. The highest BCUT2D eigenvalue weighted by atomic mass is 16.5. The lowest BCUT2D eigenvalue weighted by Crippen LogP contribution is -2.32. The lowest BCUT2D eigenvalue weighted by molar-refractivity contribution is -0.136. The van der Waals surface area contributed by atoms with Crippen molar-refractivity contribution in [3.05, 3.63) is 89.5 Å². The molecule has 34 heavy (non-hydrogen) atoms. The molecule has 174 valence electrons. The number of rotatable bonds is 8. The SMILES string of the molecule is CCCOc1ccc(C(=O)Oc2ccc(/C=N\NC(=O)C(=O)Nc3cccc(C)c3)cc2)cc1. The molecule has 0 aromatic heterocycles. The van der Waals surface area contributed by atoms with Crippen LogP contribution in [0, 0.1) is 6.92 Å². The summed E-state index contributed by atoms with van der Waals surface area (Å²) in [7, 11) is 0. The van der Waals surface area contributed by atoms with Gasteiger partial charge >= 0.3 is 17.8 Å². The number of hydrazone groups is 1. The third-order valence-corrected chi connectivity index (χ3v) is 4.52. The van der Waals surface area contributed by atoms with Crippen molar-refractivity contribution in [1.82, 2.24) is 5.43 Å². The lowest BCUT2D eigenvalue weighted by atomic mass is 10.2. The van der Waals surface area contributed by atoms with Crippen LogP contribution in [0.1, 0.15) is 34.8 Å². The van der Waals surface area contributed by atoms with Crippen LogP contribution in [0.2, 0.25) is 0 Å². The van der Waals surface area contributed by atoms with Gasteiger partial charge in [0.05, 0.1) is 18.4 Å². The zero-order valence-corrected chi connectivity index (χ0v) is 18.9. The van der Waals surface area contributed by atoms with Gasteiger partial charge in [-0.05, 0) is 85.1 Å². The molecule has 3 aromatic carbocycles. The Balaban J connectivity index is 1.48. The summed E-state index contributed by atoms with van der Waals surface area (Å²) in [5.41, 5.74) is 4.70. The van der Waals surface area contributed by atoms with Gasteiger partial charge in [-0.2, -0.15) is 5.10 Å². The predicted molar refractivity (Wildman–Crippen MR) is 129 cm³/mol. The summed E-state index contributed by atoms with van der Waals surface area (Å²) in [5.74, 6) is -1.16. The van der Waals surface area contributed by atoms with E-state index in [0.29, 0.717) is 34.9 Å². The summed E-state index contributed by atoms with van der Waals surface area (Å²) in [5, 5.41) is 6.29. The van der Waals surface area contributed by atoms with Gasteiger partial charge in [0.25, 0.3) is 0 Å². The van der Waals surface area contributed by atoms with Gasteiger partial charge in [-0.3, -0.25) is 9.59 Å². The quantitative estimate of drug-likeness (QED) is 0.174. The first-order valence-electron chi connectivity index (χ1n) is 10.7. The number of carbonyl (C=O) groups excluding carboxylic acids is 3. The number of aryl methyl sites for hydroxylation is 1. The molecule has 0 bridgehead atoms. The zero-order valence-electron chi connectivity index (χ0n) is 18.9. The standard InChI is InChI=1S/C26H25N3O5/c1-3-15-33-22-13-9-20(10-14-22)26(32)34-23-11-7-19(8-12-23)17-27-29-25(31)24(30)28-21-6-4-5-18(2)16-21/h4-14,16-17H,3,15H2,1-2H3,(H,28,30)(H,29,31)/b27-17-. The van der Waals surface area contributed by atoms with E-state index in [1.54, 1.807) is 66.7 Å². The average molecular weight is 460 g/mol. The second-order valence-corrected chi connectivity index (χ2v) is 7.35. The molecule has 0 radical (unpaired) electrons. The van der Waals surface area contributed by atoms with E-state index < -0.39 is 17.8 Å². The van der Waals surface area contributed by atoms with Crippen molar-refractivity contribution < 1.29 is 23.9 Å². The van der Waals surface area contributed by atoms with Crippen LogP contribution in [-0.2, 0) is 9.59 Å². The van der Waals surface area contributed by atoms with E-state index in [-0.39, 0.29) is 0 Å². The molecule has 0 spiro atoms. The minimum absolute atomic E-state index is 0.357. The molecule has 0 saturated carbocycles. The maximum Gasteiger partial charge on any atom is 0.343 e. The number of nitrogens with one attached hydrogen (secondary N) is 2. The van der Waals surface area contributed by atoms with Crippen LogP contribution in [0.3, 0.4) is 0 Å². The minimum Gasteiger partial charge on any atom is -0.494 e. The molecule has 0 saturated heterocycles. The van der Waals surface area contributed by atoms with Crippen LogP contribution < -0.4 is 20.2 Å². The van der Waals surface area contributed by atoms with Crippen LogP contribution >= 0.6 is 0 Å². The second kappa shape index (κ2) is 12.0. The van der Waals surface area contributed by atoms with Crippen LogP contribution in [-0.4, -0.2) is 30.6 Å². The molecule has 3 aromatic rings. The van der Waals surface area contributed by atoms with E-state index in [2.05, 4.69) is 15.8 Å². The molecule has 2 amide bonds. The Labute approximate surface area is 197 Å². The minimum atomic E-state index is -0.894. The molecule has 0 aliphatic rings. The van der Waals surface area contributed by atoms with E-state index >= 15 is 0 Å². The van der Waals surface area contributed by atoms with Crippen molar-refractivity contribution in [2.75, 3.05) is 11.9 Å². The first-order chi connectivity index (χ1) is 16.4. The molecule has 0 unspecified atom stereocenters. The van der Waals surface area contributed by atoms with Gasteiger partial charge in [0.1, 0.15) is 11.5 Å². The summed E-state index contributed by atoms with van der Waals surface area (Å²) >= 11 is 0. The number of ether oxygens (including phenoxy) is 2. The molecular formula is C26H25N3O5. The zero-order chi connectivity index (χ0) is 24.3. The molecule has 8 heteroatoms. The average Bonchev–Trinajstić information content (AvgIpc) is 2.84. The van der Waals surface area contributed by atoms with Gasteiger partial charge in [0, 0.05) is 5.69 Å². The maximum absolute atomic E-state index is 12.3. The Bertz CT molecular complexity index is 1170. The lowest BCUT2D eigenvalue weighted by Gasteiger charge is -2.07. The topological polar surface area (TPSA) is 106 Å². The highest BCUT2D eigenvalue weighted by Crippen LogP contribution is 2.16. The predicted octanol–water partition coefficient (Wildman–Crippen LogP) is 4.09.